The quantitative estimate of drug-likeness (QED) is 0.855. The minimum Gasteiger partial charge on any atom is -0.508 e. The lowest BCUT2D eigenvalue weighted by molar-refractivity contribution is 0.475. The van der Waals surface area contributed by atoms with Crippen molar-refractivity contribution in [3.8, 4) is 5.75 Å². The Morgan fingerprint density at radius 3 is 2.32 bits per heavy atom. The van der Waals surface area contributed by atoms with Crippen LogP contribution in [0.25, 0.3) is 0 Å². The van der Waals surface area contributed by atoms with Gasteiger partial charge in [0.05, 0.1) is 10.6 Å². The van der Waals surface area contributed by atoms with Crippen molar-refractivity contribution in [3.05, 3.63) is 53.1 Å². The van der Waals surface area contributed by atoms with Crippen molar-refractivity contribution in [3.63, 3.8) is 0 Å². The number of aryl methyl sites for hydroxylation is 1. The number of phenolic OH excluding ortho intramolecular Hbond substituents is 1. The molecule has 0 heterocycles. The Morgan fingerprint density at radius 2 is 1.74 bits per heavy atom. The molecular formula is C13H12ClNO3S. The molecule has 0 aliphatic rings. The first-order chi connectivity index (χ1) is 8.88. The fourth-order valence-corrected chi connectivity index (χ4v) is 2.84. The summed E-state index contributed by atoms with van der Waals surface area (Å²) in [7, 11) is -3.66. The minimum atomic E-state index is -3.66. The smallest absolute Gasteiger partial charge is 0.261 e. The van der Waals surface area contributed by atoms with Gasteiger partial charge in [-0.1, -0.05) is 11.6 Å². The van der Waals surface area contributed by atoms with E-state index in [2.05, 4.69) is 4.72 Å². The molecule has 0 radical (unpaired) electrons. The molecule has 19 heavy (non-hydrogen) atoms. The minimum absolute atomic E-state index is 0.0898. The lowest BCUT2D eigenvalue weighted by atomic mass is 10.2. The Morgan fingerprint density at radius 1 is 1.11 bits per heavy atom. The van der Waals surface area contributed by atoms with Gasteiger partial charge in [0.15, 0.2) is 0 Å². The number of hydrogen-bond acceptors (Lipinski definition) is 3. The topological polar surface area (TPSA) is 66.4 Å². The molecule has 0 aliphatic heterocycles. The van der Waals surface area contributed by atoms with Gasteiger partial charge < -0.3 is 5.11 Å². The number of nitrogens with one attached hydrogen (secondary N) is 1. The van der Waals surface area contributed by atoms with Gasteiger partial charge in [-0.2, -0.15) is 0 Å². The molecule has 4 nitrogen and oxygen atoms in total. The Kier molecular flexibility index (Phi) is 3.68. The second-order valence-corrected chi connectivity index (χ2v) is 6.18. The van der Waals surface area contributed by atoms with E-state index < -0.39 is 10.0 Å². The van der Waals surface area contributed by atoms with Gasteiger partial charge in [0.2, 0.25) is 0 Å². The van der Waals surface area contributed by atoms with Crippen LogP contribution < -0.4 is 4.72 Å². The second kappa shape index (κ2) is 5.11. The third-order valence-electron chi connectivity index (χ3n) is 2.58. The first-order valence-corrected chi connectivity index (χ1v) is 7.32. The molecule has 100 valence electrons. The highest BCUT2D eigenvalue weighted by Gasteiger charge is 2.15. The second-order valence-electron chi connectivity index (χ2n) is 4.06. The monoisotopic (exact) mass is 297 g/mol. The standard InChI is InChI=1S/C13H12ClNO3S/c1-9-8-11(16)4-7-13(9)15-19(17,18)12-5-2-10(14)3-6-12/h2-8,15-16H,1H3. The van der Waals surface area contributed by atoms with Gasteiger partial charge in [-0.25, -0.2) is 8.42 Å². The number of anilines is 1. The summed E-state index contributed by atoms with van der Waals surface area (Å²) in [6, 6.07) is 10.3. The van der Waals surface area contributed by atoms with Crippen LogP contribution in [0.2, 0.25) is 5.02 Å². The normalized spacial score (nSPS) is 11.3. The highest BCUT2D eigenvalue weighted by atomic mass is 35.5. The van der Waals surface area contributed by atoms with Crippen LogP contribution in [-0.2, 0) is 10.0 Å². The Balaban J connectivity index is 2.33. The first-order valence-electron chi connectivity index (χ1n) is 5.46. The largest absolute Gasteiger partial charge is 0.508 e. The van der Waals surface area contributed by atoms with E-state index in [1.807, 2.05) is 0 Å². The molecule has 0 saturated heterocycles. The predicted molar refractivity (Wildman–Crippen MR) is 75.1 cm³/mol. The number of rotatable bonds is 3. The van der Waals surface area contributed by atoms with Gasteiger partial charge in [0.25, 0.3) is 10.0 Å². The van der Waals surface area contributed by atoms with Crippen LogP contribution in [0.5, 0.6) is 5.75 Å². The zero-order valence-corrected chi connectivity index (χ0v) is 11.7. The first kappa shape index (κ1) is 13.7. The zero-order valence-electron chi connectivity index (χ0n) is 10.1. The lowest BCUT2D eigenvalue weighted by Crippen LogP contribution is -2.13. The molecule has 2 aromatic rings. The Hall–Kier alpha value is -1.72. The van der Waals surface area contributed by atoms with Crippen LogP contribution in [-0.4, -0.2) is 13.5 Å². The highest BCUT2D eigenvalue weighted by molar-refractivity contribution is 7.92. The molecule has 6 heteroatoms. The maximum atomic E-state index is 12.1. The number of halogens is 1. The summed E-state index contributed by atoms with van der Waals surface area (Å²) in [6.07, 6.45) is 0. The molecular weight excluding hydrogens is 286 g/mol. The van der Waals surface area contributed by atoms with E-state index in [0.717, 1.165) is 0 Å². The van der Waals surface area contributed by atoms with E-state index in [1.165, 1.54) is 42.5 Å². The van der Waals surface area contributed by atoms with Crippen LogP contribution in [0.15, 0.2) is 47.4 Å². The molecule has 0 unspecified atom stereocenters. The van der Waals surface area contributed by atoms with Crippen molar-refractivity contribution in [1.29, 1.82) is 0 Å². The van der Waals surface area contributed by atoms with Gasteiger partial charge in [-0.05, 0) is 55.0 Å². The summed E-state index contributed by atoms with van der Waals surface area (Å²) >= 11 is 5.72. The number of aromatic hydroxyl groups is 1. The average molecular weight is 298 g/mol. The number of hydrogen-bond donors (Lipinski definition) is 2. The molecule has 0 saturated carbocycles. The molecule has 0 fully saturated rings. The molecule has 0 aromatic heterocycles. The van der Waals surface area contributed by atoms with E-state index in [-0.39, 0.29) is 10.6 Å². The van der Waals surface area contributed by atoms with E-state index in [9.17, 15) is 13.5 Å². The van der Waals surface area contributed by atoms with Crippen LogP contribution >= 0.6 is 11.6 Å². The molecule has 0 spiro atoms. The summed E-state index contributed by atoms with van der Waals surface area (Å²) in [6.45, 7) is 1.71. The van der Waals surface area contributed by atoms with Gasteiger partial charge in [0.1, 0.15) is 5.75 Å². The van der Waals surface area contributed by atoms with E-state index >= 15 is 0 Å². The average Bonchev–Trinajstić information content (AvgIpc) is 2.33. The zero-order chi connectivity index (χ0) is 14.0. The van der Waals surface area contributed by atoms with Gasteiger partial charge >= 0.3 is 0 Å². The summed E-state index contributed by atoms with van der Waals surface area (Å²) < 4.78 is 26.7. The molecule has 2 N–H and O–H groups in total. The van der Waals surface area contributed by atoms with Crippen molar-refractivity contribution >= 4 is 27.3 Å². The number of benzene rings is 2. The summed E-state index contributed by atoms with van der Waals surface area (Å²) in [5.74, 6) is 0.0898. The van der Waals surface area contributed by atoms with Crippen LogP contribution in [0, 0.1) is 6.92 Å². The molecule has 0 amide bonds. The SMILES string of the molecule is Cc1cc(O)ccc1NS(=O)(=O)c1ccc(Cl)cc1. The predicted octanol–water partition coefficient (Wildman–Crippen LogP) is 3.15. The van der Waals surface area contributed by atoms with Crippen LogP contribution in [0.4, 0.5) is 5.69 Å². The molecule has 0 bridgehead atoms. The Bertz CT molecular complexity index is 696. The van der Waals surface area contributed by atoms with Crippen molar-refractivity contribution in [1.82, 2.24) is 0 Å². The fourth-order valence-electron chi connectivity index (χ4n) is 1.58. The van der Waals surface area contributed by atoms with Gasteiger partial charge in [0, 0.05) is 5.02 Å². The molecule has 2 aromatic carbocycles. The van der Waals surface area contributed by atoms with Gasteiger partial charge in [-0.3, -0.25) is 4.72 Å². The maximum Gasteiger partial charge on any atom is 0.261 e. The lowest BCUT2D eigenvalue weighted by Gasteiger charge is -2.10. The Labute approximate surface area is 116 Å². The molecule has 2 rings (SSSR count). The third-order valence-corrected chi connectivity index (χ3v) is 4.21. The van der Waals surface area contributed by atoms with Crippen molar-refractivity contribution < 1.29 is 13.5 Å². The van der Waals surface area contributed by atoms with E-state index in [4.69, 9.17) is 11.6 Å². The summed E-state index contributed by atoms with van der Waals surface area (Å²) in [5, 5.41) is 9.76. The van der Waals surface area contributed by atoms with E-state index in [0.29, 0.717) is 16.3 Å². The van der Waals surface area contributed by atoms with Crippen molar-refractivity contribution in [2.24, 2.45) is 0 Å². The summed E-state index contributed by atoms with van der Waals surface area (Å²) in [4.78, 5) is 0.129. The van der Waals surface area contributed by atoms with Gasteiger partial charge in [-0.15, -0.1) is 0 Å². The van der Waals surface area contributed by atoms with Crippen molar-refractivity contribution in [2.45, 2.75) is 11.8 Å². The number of phenols is 1. The summed E-state index contributed by atoms with van der Waals surface area (Å²) in [5.41, 5.74) is 1.06. The maximum absolute atomic E-state index is 12.1. The van der Waals surface area contributed by atoms with E-state index in [1.54, 1.807) is 6.92 Å². The van der Waals surface area contributed by atoms with Crippen LogP contribution in [0.3, 0.4) is 0 Å². The third kappa shape index (κ3) is 3.19. The molecule has 0 aliphatic carbocycles. The number of sulfonamides is 1. The highest BCUT2D eigenvalue weighted by Crippen LogP contribution is 2.23. The fraction of sp³-hybridized carbons (Fsp3) is 0.0769. The van der Waals surface area contributed by atoms with Crippen LogP contribution in [0.1, 0.15) is 5.56 Å². The molecule has 0 atom stereocenters. The van der Waals surface area contributed by atoms with Crippen molar-refractivity contribution in [2.75, 3.05) is 4.72 Å².